The zero-order valence-corrected chi connectivity index (χ0v) is 36.2. The van der Waals surface area contributed by atoms with E-state index in [0.717, 1.165) is 67.7 Å². The van der Waals surface area contributed by atoms with Crippen LogP contribution >= 0.6 is 0 Å². The van der Waals surface area contributed by atoms with Gasteiger partial charge in [-0.2, -0.15) is 0 Å². The Bertz CT molecular complexity index is 2730. The third kappa shape index (κ3) is 7.69. The number of rotatable bonds is 12. The largest absolute Gasteiger partial charge is 0.488 e. The first-order chi connectivity index (χ1) is 30.5. The van der Waals surface area contributed by atoms with Crippen molar-refractivity contribution in [1.82, 2.24) is 40.4 Å². The summed E-state index contributed by atoms with van der Waals surface area (Å²) < 4.78 is 16.1. The van der Waals surface area contributed by atoms with Gasteiger partial charge in [0.2, 0.25) is 11.8 Å². The molecule has 1 aliphatic carbocycles. The van der Waals surface area contributed by atoms with Crippen molar-refractivity contribution in [3.63, 3.8) is 0 Å². The molecule has 0 radical (unpaired) electrons. The molecule has 15 nitrogen and oxygen atoms in total. The smallest absolute Gasteiger partial charge is 0.407 e. The Morgan fingerprint density at radius 3 is 2.48 bits per heavy atom. The second-order valence-corrected chi connectivity index (χ2v) is 17.2. The van der Waals surface area contributed by atoms with Crippen LogP contribution in [0.1, 0.15) is 75.4 Å². The van der Waals surface area contributed by atoms with Crippen LogP contribution in [0.3, 0.4) is 0 Å². The Labute approximate surface area is 364 Å². The van der Waals surface area contributed by atoms with Crippen LogP contribution < -0.4 is 15.4 Å². The van der Waals surface area contributed by atoms with Crippen LogP contribution in [0.4, 0.5) is 9.59 Å². The maximum Gasteiger partial charge on any atom is 0.407 e. The molecule has 9 rings (SSSR count). The third-order valence-corrected chi connectivity index (χ3v) is 12.9. The Morgan fingerprint density at radius 2 is 1.73 bits per heavy atom. The van der Waals surface area contributed by atoms with E-state index in [2.05, 4.69) is 68.9 Å². The molecular weight excluding hydrogens is 801 g/mol. The van der Waals surface area contributed by atoms with Gasteiger partial charge in [0.25, 0.3) is 0 Å². The molecule has 1 unspecified atom stereocenters. The molecule has 4 heterocycles. The van der Waals surface area contributed by atoms with E-state index in [4.69, 9.17) is 19.2 Å². The van der Waals surface area contributed by atoms with E-state index in [0.29, 0.717) is 42.8 Å². The number of hydrogen-bond acceptors (Lipinski definition) is 9. The van der Waals surface area contributed by atoms with Gasteiger partial charge < -0.3 is 44.6 Å². The minimum atomic E-state index is -0.917. The van der Waals surface area contributed by atoms with Gasteiger partial charge in [0.1, 0.15) is 36.1 Å². The van der Waals surface area contributed by atoms with Crippen LogP contribution in [-0.2, 0) is 32.2 Å². The van der Waals surface area contributed by atoms with E-state index >= 15 is 0 Å². The molecule has 4 N–H and O–H groups in total. The topological polar surface area (TPSA) is 184 Å². The number of carbonyl (C=O) groups is 4. The Kier molecular flexibility index (Phi) is 11.0. The number of methoxy groups -OCH3 is 2. The summed E-state index contributed by atoms with van der Waals surface area (Å²) in [4.78, 5) is 73.0. The van der Waals surface area contributed by atoms with Crippen molar-refractivity contribution in [3.05, 3.63) is 102 Å². The molecule has 2 fully saturated rings. The van der Waals surface area contributed by atoms with Gasteiger partial charge >= 0.3 is 12.2 Å². The SMILES string of the molecule is CCCN(Cc1ncc(-c2ccc3c(c2)COc2cc4c(ccc5[nH]c([C@@H]6C[C@H]7C(C)[C@H]7N6C(=O)[C@@H](NC(=O)OC)C(C)C)nc54)cc2-3)[nH]1)C(=O)[C@H](NC(=O)OC)c1ccccc1. The van der Waals surface area contributed by atoms with Crippen LogP contribution in [0, 0.1) is 17.8 Å². The van der Waals surface area contributed by atoms with Crippen LogP contribution in [0.15, 0.2) is 79.0 Å². The minimum Gasteiger partial charge on any atom is -0.488 e. The molecule has 4 aromatic carbocycles. The van der Waals surface area contributed by atoms with Gasteiger partial charge in [-0.3, -0.25) is 9.59 Å². The molecule has 2 aromatic heterocycles. The molecule has 4 amide bonds. The monoisotopic (exact) mass is 852 g/mol. The lowest BCUT2D eigenvalue weighted by Gasteiger charge is -2.32. The summed E-state index contributed by atoms with van der Waals surface area (Å²) >= 11 is 0. The summed E-state index contributed by atoms with van der Waals surface area (Å²) in [5.74, 6) is 2.38. The molecule has 0 bridgehead atoms. The number of nitrogens with zero attached hydrogens (tertiary/aromatic N) is 4. The lowest BCUT2D eigenvalue weighted by Crippen LogP contribution is -2.52. The van der Waals surface area contributed by atoms with Crippen molar-refractivity contribution < 1.29 is 33.4 Å². The quantitative estimate of drug-likeness (QED) is 0.0955. The van der Waals surface area contributed by atoms with Gasteiger partial charge in [-0.25, -0.2) is 19.6 Å². The van der Waals surface area contributed by atoms with Crippen LogP contribution in [0.2, 0.25) is 0 Å². The lowest BCUT2D eigenvalue weighted by molar-refractivity contribution is -0.137. The molecule has 15 heteroatoms. The molecule has 6 atom stereocenters. The van der Waals surface area contributed by atoms with Crippen molar-refractivity contribution in [2.75, 3.05) is 20.8 Å². The highest BCUT2D eigenvalue weighted by atomic mass is 16.5. The maximum absolute atomic E-state index is 14.1. The van der Waals surface area contributed by atoms with Crippen molar-refractivity contribution in [2.24, 2.45) is 17.8 Å². The van der Waals surface area contributed by atoms with E-state index < -0.39 is 24.3 Å². The number of fused-ring (bicyclic) bond motifs is 7. The van der Waals surface area contributed by atoms with Crippen LogP contribution in [0.25, 0.3) is 44.2 Å². The number of benzene rings is 4. The first-order valence-electron chi connectivity index (χ1n) is 21.6. The van der Waals surface area contributed by atoms with E-state index in [1.165, 1.54) is 14.2 Å². The highest BCUT2D eigenvalue weighted by Gasteiger charge is 2.61. The van der Waals surface area contributed by atoms with E-state index in [1.54, 1.807) is 23.2 Å². The number of imidazole rings is 2. The zero-order chi connectivity index (χ0) is 44.1. The predicted molar refractivity (Wildman–Crippen MR) is 236 cm³/mol. The lowest BCUT2D eigenvalue weighted by atomic mass is 9.92. The fraction of sp³-hybridized carbons (Fsp3) is 0.375. The zero-order valence-electron chi connectivity index (χ0n) is 36.2. The summed E-state index contributed by atoms with van der Waals surface area (Å²) in [6.07, 6.45) is 1.98. The number of aromatic amines is 2. The average molecular weight is 853 g/mol. The van der Waals surface area contributed by atoms with Gasteiger partial charge in [-0.15, -0.1) is 0 Å². The van der Waals surface area contributed by atoms with Gasteiger partial charge in [0.05, 0.1) is 49.7 Å². The summed E-state index contributed by atoms with van der Waals surface area (Å²) in [5.41, 5.74) is 7.17. The molecule has 1 saturated heterocycles. The molecule has 6 aromatic rings. The molecule has 0 spiro atoms. The Hall–Kier alpha value is -6.90. The highest BCUT2D eigenvalue weighted by molar-refractivity contribution is 6.07. The summed E-state index contributed by atoms with van der Waals surface area (Å²) in [7, 11) is 2.57. The standard InChI is InChI=1S/C48H52N8O7/c1-7-17-55(45(57)41(54-48(60)62-6)27-11-9-8-10-12-27)23-39-49-22-36(50-39)29-13-15-31-30(18-29)24-63-38-21-33-28(19-34(31)38)14-16-35-42(33)52-44(51-35)37-20-32-26(4)43(32)56(37)46(58)40(25(2)3)53-47(59)61-5/h8-16,18-19,21-22,25-26,32,37,40-41,43H,7,17,20,23-24H2,1-6H3,(H,49,50)(H,51,52)(H,53,59)(H,54,60)/t26?,32-,37-,40-,41+,43+/m0/s1. The fourth-order valence-corrected chi connectivity index (χ4v) is 9.55. The third-order valence-electron chi connectivity index (χ3n) is 12.9. The molecule has 1 saturated carbocycles. The van der Waals surface area contributed by atoms with Crippen molar-refractivity contribution >= 4 is 45.8 Å². The minimum absolute atomic E-state index is 0.104. The maximum atomic E-state index is 14.1. The van der Waals surface area contributed by atoms with Crippen molar-refractivity contribution in [3.8, 4) is 28.1 Å². The fourth-order valence-electron chi connectivity index (χ4n) is 9.55. The number of ether oxygens (including phenoxy) is 3. The van der Waals surface area contributed by atoms with Crippen molar-refractivity contribution in [1.29, 1.82) is 0 Å². The van der Waals surface area contributed by atoms with Gasteiger partial charge in [0, 0.05) is 23.5 Å². The number of amides is 4. The second kappa shape index (κ2) is 16.8. The molecule has 3 aliphatic rings. The molecule has 326 valence electrons. The van der Waals surface area contributed by atoms with Crippen LogP contribution in [-0.4, -0.2) is 86.6 Å². The number of piperidine rings is 1. The number of alkyl carbamates (subject to hydrolysis) is 2. The van der Waals surface area contributed by atoms with E-state index in [1.807, 2.05) is 49.9 Å². The number of H-pyrrole nitrogens is 2. The Morgan fingerprint density at radius 1 is 0.952 bits per heavy atom. The number of carbonyl (C=O) groups excluding carboxylic acids is 4. The summed E-state index contributed by atoms with van der Waals surface area (Å²) in [6.45, 7) is 9.08. The van der Waals surface area contributed by atoms with Gasteiger partial charge in [-0.1, -0.05) is 76.2 Å². The summed E-state index contributed by atoms with van der Waals surface area (Å²) in [6, 6.07) is 22.0. The number of hydrogen-bond donors (Lipinski definition) is 4. The first-order valence-corrected chi connectivity index (χ1v) is 21.6. The summed E-state index contributed by atoms with van der Waals surface area (Å²) in [5, 5.41) is 7.43. The Balaban J connectivity index is 0.954. The normalized spacial score (nSPS) is 19.4. The predicted octanol–water partition coefficient (Wildman–Crippen LogP) is 7.79. The van der Waals surface area contributed by atoms with E-state index in [-0.39, 0.29) is 36.4 Å². The molecule has 63 heavy (non-hydrogen) atoms. The van der Waals surface area contributed by atoms with Crippen LogP contribution in [0.5, 0.6) is 5.75 Å². The first kappa shape index (κ1) is 41.5. The van der Waals surface area contributed by atoms with Crippen molar-refractivity contribution in [2.45, 2.75) is 77.9 Å². The molecular formula is C48H52N8O7. The van der Waals surface area contributed by atoms with Gasteiger partial charge in [0.15, 0.2) is 0 Å². The second-order valence-electron chi connectivity index (χ2n) is 17.2. The molecule has 2 aliphatic heterocycles. The number of nitrogens with one attached hydrogen (secondary N) is 4. The highest BCUT2D eigenvalue weighted by Crippen LogP contribution is 2.58. The average Bonchev–Trinajstić information content (AvgIpc) is 3.76. The number of likely N-dealkylation sites (tertiary alicyclic amines) is 1. The van der Waals surface area contributed by atoms with Gasteiger partial charge in [-0.05, 0) is 82.5 Å². The van der Waals surface area contributed by atoms with E-state index in [9.17, 15) is 19.2 Å². The number of aromatic nitrogens is 4.